The van der Waals surface area contributed by atoms with Gasteiger partial charge >= 0.3 is 0 Å². The monoisotopic (exact) mass is 229 g/mol. The SMILES string of the molecule is C1CN(COCCN2CCOCC2)CCN1. The van der Waals surface area contributed by atoms with Crippen molar-refractivity contribution in [2.24, 2.45) is 0 Å². The molecule has 5 heteroatoms. The van der Waals surface area contributed by atoms with Gasteiger partial charge in [0.15, 0.2) is 0 Å². The van der Waals surface area contributed by atoms with Gasteiger partial charge in [0.25, 0.3) is 0 Å². The molecule has 2 aliphatic heterocycles. The maximum Gasteiger partial charge on any atom is 0.0991 e. The van der Waals surface area contributed by atoms with Crippen LogP contribution in [0.5, 0.6) is 0 Å². The van der Waals surface area contributed by atoms with Crippen LogP contribution in [0.2, 0.25) is 0 Å². The van der Waals surface area contributed by atoms with Crippen LogP contribution in [0, 0.1) is 0 Å². The third-order valence-electron chi connectivity index (χ3n) is 3.14. The fourth-order valence-corrected chi connectivity index (χ4v) is 2.05. The number of hydrogen-bond donors (Lipinski definition) is 1. The molecule has 2 heterocycles. The smallest absolute Gasteiger partial charge is 0.0991 e. The summed E-state index contributed by atoms with van der Waals surface area (Å²) < 4.78 is 11.0. The number of ether oxygens (including phenoxy) is 2. The first-order valence-corrected chi connectivity index (χ1v) is 6.26. The van der Waals surface area contributed by atoms with Gasteiger partial charge in [-0.25, -0.2) is 0 Å². The van der Waals surface area contributed by atoms with Crippen LogP contribution in [0.1, 0.15) is 0 Å². The Balaban J connectivity index is 1.47. The molecule has 0 aliphatic carbocycles. The summed E-state index contributed by atoms with van der Waals surface area (Å²) in [6, 6.07) is 0. The van der Waals surface area contributed by atoms with Crippen LogP contribution in [-0.4, -0.2) is 82.2 Å². The highest BCUT2D eigenvalue weighted by Crippen LogP contribution is 1.97. The van der Waals surface area contributed by atoms with Crippen LogP contribution in [-0.2, 0) is 9.47 Å². The second-order valence-electron chi connectivity index (χ2n) is 4.36. The fraction of sp³-hybridized carbons (Fsp3) is 1.00. The molecule has 0 aromatic rings. The molecule has 0 saturated carbocycles. The van der Waals surface area contributed by atoms with Gasteiger partial charge < -0.3 is 14.8 Å². The first kappa shape index (κ1) is 12.3. The molecule has 0 amide bonds. The molecule has 2 saturated heterocycles. The minimum atomic E-state index is 0.784. The van der Waals surface area contributed by atoms with Crippen LogP contribution in [0.4, 0.5) is 0 Å². The molecule has 0 atom stereocenters. The van der Waals surface area contributed by atoms with Crippen molar-refractivity contribution >= 4 is 0 Å². The third-order valence-corrected chi connectivity index (χ3v) is 3.14. The van der Waals surface area contributed by atoms with E-state index in [4.69, 9.17) is 9.47 Å². The van der Waals surface area contributed by atoms with Gasteiger partial charge in [-0.1, -0.05) is 0 Å². The van der Waals surface area contributed by atoms with E-state index in [2.05, 4.69) is 15.1 Å². The highest BCUT2D eigenvalue weighted by molar-refractivity contribution is 4.65. The molecule has 0 bridgehead atoms. The maximum atomic E-state index is 5.69. The molecule has 5 nitrogen and oxygen atoms in total. The maximum absolute atomic E-state index is 5.69. The van der Waals surface area contributed by atoms with Crippen LogP contribution in [0.15, 0.2) is 0 Å². The van der Waals surface area contributed by atoms with Crippen molar-refractivity contribution in [2.45, 2.75) is 0 Å². The van der Waals surface area contributed by atoms with Crippen molar-refractivity contribution in [1.29, 1.82) is 0 Å². The lowest BCUT2D eigenvalue weighted by Gasteiger charge is -2.28. The van der Waals surface area contributed by atoms with E-state index in [9.17, 15) is 0 Å². The van der Waals surface area contributed by atoms with Gasteiger partial charge in [-0.3, -0.25) is 9.80 Å². The Morgan fingerprint density at radius 1 is 1.00 bits per heavy atom. The minimum Gasteiger partial charge on any atom is -0.379 e. The van der Waals surface area contributed by atoms with E-state index in [1.54, 1.807) is 0 Å². The first-order chi connectivity index (χ1) is 7.95. The summed E-state index contributed by atoms with van der Waals surface area (Å²) in [5, 5.41) is 3.34. The van der Waals surface area contributed by atoms with Crippen molar-refractivity contribution < 1.29 is 9.47 Å². The van der Waals surface area contributed by atoms with E-state index in [-0.39, 0.29) is 0 Å². The third kappa shape index (κ3) is 4.35. The Labute approximate surface area is 97.7 Å². The van der Waals surface area contributed by atoms with Gasteiger partial charge in [-0.15, -0.1) is 0 Å². The van der Waals surface area contributed by atoms with Crippen molar-refractivity contribution in [2.75, 3.05) is 72.4 Å². The molecule has 1 N–H and O–H groups in total. The number of morpholine rings is 1. The van der Waals surface area contributed by atoms with Crippen LogP contribution in [0.25, 0.3) is 0 Å². The van der Waals surface area contributed by atoms with Crippen molar-refractivity contribution in [3.63, 3.8) is 0 Å². The second-order valence-corrected chi connectivity index (χ2v) is 4.36. The summed E-state index contributed by atoms with van der Waals surface area (Å²) in [6.45, 7) is 10.9. The highest BCUT2D eigenvalue weighted by atomic mass is 16.5. The highest BCUT2D eigenvalue weighted by Gasteiger charge is 2.11. The van der Waals surface area contributed by atoms with E-state index in [0.29, 0.717) is 0 Å². The second kappa shape index (κ2) is 7.19. The van der Waals surface area contributed by atoms with Crippen molar-refractivity contribution in [3.8, 4) is 0 Å². The topological polar surface area (TPSA) is 37.0 Å². The molecular weight excluding hydrogens is 206 g/mol. The van der Waals surface area contributed by atoms with Gasteiger partial charge in [0, 0.05) is 45.8 Å². The average Bonchev–Trinajstić information content (AvgIpc) is 2.37. The van der Waals surface area contributed by atoms with E-state index >= 15 is 0 Å². The quantitative estimate of drug-likeness (QED) is 0.625. The summed E-state index contributed by atoms with van der Waals surface area (Å²) in [4.78, 5) is 4.76. The first-order valence-electron chi connectivity index (χ1n) is 6.26. The number of rotatable bonds is 5. The van der Waals surface area contributed by atoms with Crippen molar-refractivity contribution in [1.82, 2.24) is 15.1 Å². The Morgan fingerprint density at radius 3 is 2.50 bits per heavy atom. The summed E-state index contributed by atoms with van der Waals surface area (Å²) in [6.07, 6.45) is 0. The van der Waals surface area contributed by atoms with Gasteiger partial charge in [-0.2, -0.15) is 0 Å². The number of nitrogens with zero attached hydrogens (tertiary/aromatic N) is 2. The van der Waals surface area contributed by atoms with E-state index in [0.717, 1.165) is 72.4 Å². The van der Waals surface area contributed by atoms with Crippen LogP contribution < -0.4 is 5.32 Å². The molecule has 94 valence electrons. The molecule has 2 fully saturated rings. The van der Waals surface area contributed by atoms with Gasteiger partial charge in [-0.05, 0) is 0 Å². The predicted molar refractivity (Wildman–Crippen MR) is 62.5 cm³/mol. The average molecular weight is 229 g/mol. The number of nitrogens with one attached hydrogen (secondary N) is 1. The Kier molecular flexibility index (Phi) is 5.51. The summed E-state index contributed by atoms with van der Waals surface area (Å²) in [5.74, 6) is 0. The zero-order valence-electron chi connectivity index (χ0n) is 9.99. The summed E-state index contributed by atoms with van der Waals surface area (Å²) >= 11 is 0. The molecule has 16 heavy (non-hydrogen) atoms. The molecule has 2 rings (SSSR count). The summed E-state index contributed by atoms with van der Waals surface area (Å²) in [7, 11) is 0. The lowest BCUT2D eigenvalue weighted by atomic mass is 10.4. The van der Waals surface area contributed by atoms with Crippen LogP contribution >= 0.6 is 0 Å². The normalized spacial score (nSPS) is 24.8. The standard InChI is InChI=1S/C11H23N3O2/c1-3-14(4-2-12-1)11-16-10-7-13-5-8-15-9-6-13/h12H,1-11H2. The van der Waals surface area contributed by atoms with Crippen molar-refractivity contribution in [3.05, 3.63) is 0 Å². The zero-order valence-corrected chi connectivity index (χ0v) is 9.99. The predicted octanol–water partition coefficient (Wildman–Crippen LogP) is -0.802. The Bertz CT molecular complexity index is 160. The minimum absolute atomic E-state index is 0.784. The molecule has 0 spiro atoms. The number of piperazine rings is 1. The zero-order chi connectivity index (χ0) is 11.1. The lowest BCUT2D eigenvalue weighted by Crippen LogP contribution is -2.45. The molecule has 0 aromatic heterocycles. The summed E-state index contributed by atoms with van der Waals surface area (Å²) in [5.41, 5.74) is 0. The molecule has 2 aliphatic rings. The van der Waals surface area contributed by atoms with E-state index in [1.807, 2.05) is 0 Å². The molecule has 0 radical (unpaired) electrons. The lowest BCUT2D eigenvalue weighted by molar-refractivity contribution is -0.00807. The Hall–Kier alpha value is -0.200. The van der Waals surface area contributed by atoms with Gasteiger partial charge in [0.1, 0.15) is 0 Å². The van der Waals surface area contributed by atoms with Gasteiger partial charge in [0.2, 0.25) is 0 Å². The number of hydrogen-bond acceptors (Lipinski definition) is 5. The molecular formula is C11H23N3O2. The fourth-order valence-electron chi connectivity index (χ4n) is 2.05. The molecule has 0 aromatic carbocycles. The Morgan fingerprint density at radius 2 is 1.75 bits per heavy atom. The largest absolute Gasteiger partial charge is 0.379 e. The van der Waals surface area contributed by atoms with E-state index in [1.165, 1.54) is 0 Å². The van der Waals surface area contributed by atoms with Crippen LogP contribution in [0.3, 0.4) is 0 Å². The molecule has 0 unspecified atom stereocenters. The van der Waals surface area contributed by atoms with Gasteiger partial charge in [0.05, 0.1) is 26.6 Å². The van der Waals surface area contributed by atoms with E-state index < -0.39 is 0 Å².